The molecule has 0 aromatic heterocycles. The minimum Gasteiger partial charge on any atom is -0.317 e. The molecule has 62 valence electrons. The monoisotopic (exact) mass is 151 g/mol. The molecule has 0 amide bonds. The van der Waals surface area contributed by atoms with E-state index in [0.717, 1.165) is 18.4 Å². The molecule has 2 unspecified atom stereocenters. The molecular formula is C10H17N. The Morgan fingerprint density at radius 2 is 2.09 bits per heavy atom. The Morgan fingerprint density at radius 3 is 2.73 bits per heavy atom. The fourth-order valence-corrected chi connectivity index (χ4v) is 2.07. The van der Waals surface area contributed by atoms with Gasteiger partial charge in [-0.3, -0.25) is 0 Å². The molecule has 1 fully saturated rings. The van der Waals surface area contributed by atoms with Crippen molar-refractivity contribution in [3.63, 3.8) is 0 Å². The summed E-state index contributed by atoms with van der Waals surface area (Å²) in [6.07, 6.45) is 6.70. The summed E-state index contributed by atoms with van der Waals surface area (Å²) in [4.78, 5) is 3.48. The zero-order chi connectivity index (χ0) is 8.10. The van der Waals surface area contributed by atoms with E-state index in [9.17, 15) is 0 Å². The van der Waals surface area contributed by atoms with Crippen LogP contribution < -0.4 is 0 Å². The molecule has 0 aliphatic heterocycles. The highest BCUT2D eigenvalue weighted by Crippen LogP contribution is 2.30. The fraction of sp³-hybridized carbons (Fsp3) is 0.900. The number of nitrogens with zero attached hydrogens (tertiary/aromatic N) is 1. The Balaban J connectivity index is 2.28. The van der Waals surface area contributed by atoms with Crippen molar-refractivity contribution >= 4 is 0 Å². The second-order valence-electron chi connectivity index (χ2n) is 3.65. The van der Waals surface area contributed by atoms with Gasteiger partial charge in [0.05, 0.1) is 0 Å². The summed E-state index contributed by atoms with van der Waals surface area (Å²) >= 11 is 0. The van der Waals surface area contributed by atoms with Gasteiger partial charge >= 0.3 is 0 Å². The average molecular weight is 151 g/mol. The van der Waals surface area contributed by atoms with Crippen LogP contribution in [0.5, 0.6) is 0 Å². The van der Waals surface area contributed by atoms with Crippen LogP contribution in [0.2, 0.25) is 0 Å². The van der Waals surface area contributed by atoms with Crippen molar-refractivity contribution in [1.82, 2.24) is 0 Å². The van der Waals surface area contributed by atoms with Crippen molar-refractivity contribution < 1.29 is 0 Å². The second kappa shape index (κ2) is 4.38. The van der Waals surface area contributed by atoms with Gasteiger partial charge < -0.3 is 4.85 Å². The molecule has 1 aliphatic rings. The molecular weight excluding hydrogens is 134 g/mol. The molecule has 0 aromatic rings. The Morgan fingerprint density at radius 1 is 1.36 bits per heavy atom. The Kier molecular flexibility index (Phi) is 3.42. The Labute approximate surface area is 69.6 Å². The van der Waals surface area contributed by atoms with Gasteiger partial charge in [-0.05, 0) is 18.8 Å². The van der Waals surface area contributed by atoms with Crippen molar-refractivity contribution in [2.24, 2.45) is 11.8 Å². The summed E-state index contributed by atoms with van der Waals surface area (Å²) in [5.74, 6) is 1.65. The van der Waals surface area contributed by atoms with Crippen molar-refractivity contribution in [3.8, 4) is 0 Å². The molecule has 0 bridgehead atoms. The van der Waals surface area contributed by atoms with Crippen LogP contribution in [-0.4, -0.2) is 6.54 Å². The summed E-state index contributed by atoms with van der Waals surface area (Å²) in [5.41, 5.74) is 0. The standard InChI is InChI=1S/C10H17N/c1-3-9-5-4-6-10(7-9)8-11-2/h9-10H,3-8H2,1H3. The van der Waals surface area contributed by atoms with Crippen LogP contribution in [0, 0.1) is 18.4 Å². The van der Waals surface area contributed by atoms with Gasteiger partial charge in [-0.25, -0.2) is 6.57 Å². The molecule has 0 saturated heterocycles. The highest BCUT2D eigenvalue weighted by molar-refractivity contribution is 4.77. The third kappa shape index (κ3) is 2.54. The highest BCUT2D eigenvalue weighted by Gasteiger charge is 2.22. The maximum absolute atomic E-state index is 6.79. The molecule has 0 heterocycles. The van der Waals surface area contributed by atoms with Gasteiger partial charge in [0.1, 0.15) is 0 Å². The van der Waals surface area contributed by atoms with Crippen LogP contribution in [0.1, 0.15) is 39.0 Å². The molecule has 0 radical (unpaired) electrons. The zero-order valence-electron chi connectivity index (χ0n) is 7.34. The molecule has 1 aliphatic carbocycles. The van der Waals surface area contributed by atoms with Gasteiger partial charge in [-0.2, -0.15) is 0 Å². The summed E-state index contributed by atoms with van der Waals surface area (Å²) in [5, 5.41) is 0. The molecule has 2 atom stereocenters. The molecule has 0 spiro atoms. The smallest absolute Gasteiger partial charge is 0.217 e. The van der Waals surface area contributed by atoms with Gasteiger partial charge in [0.25, 0.3) is 0 Å². The van der Waals surface area contributed by atoms with Gasteiger partial charge in [0, 0.05) is 5.92 Å². The first-order valence-corrected chi connectivity index (χ1v) is 4.70. The van der Waals surface area contributed by atoms with Crippen molar-refractivity contribution in [3.05, 3.63) is 11.4 Å². The van der Waals surface area contributed by atoms with E-state index in [1.165, 1.54) is 32.1 Å². The van der Waals surface area contributed by atoms with E-state index in [-0.39, 0.29) is 0 Å². The molecule has 1 rings (SSSR count). The minimum atomic E-state index is 0.728. The van der Waals surface area contributed by atoms with Crippen molar-refractivity contribution in [2.75, 3.05) is 6.54 Å². The third-order valence-electron chi connectivity index (χ3n) is 2.82. The quantitative estimate of drug-likeness (QED) is 0.534. The lowest BCUT2D eigenvalue weighted by atomic mass is 9.80. The normalized spacial score (nSPS) is 31.3. The predicted octanol–water partition coefficient (Wildman–Crippen LogP) is 3.12. The third-order valence-corrected chi connectivity index (χ3v) is 2.82. The minimum absolute atomic E-state index is 0.728. The molecule has 1 saturated carbocycles. The maximum Gasteiger partial charge on any atom is 0.217 e. The lowest BCUT2D eigenvalue weighted by Crippen LogP contribution is -2.16. The van der Waals surface area contributed by atoms with Crippen molar-refractivity contribution in [2.45, 2.75) is 39.0 Å². The van der Waals surface area contributed by atoms with E-state index in [1.54, 1.807) is 0 Å². The first-order valence-electron chi connectivity index (χ1n) is 4.70. The van der Waals surface area contributed by atoms with E-state index in [1.807, 2.05) is 0 Å². The topological polar surface area (TPSA) is 4.36 Å². The van der Waals surface area contributed by atoms with Gasteiger partial charge in [0.2, 0.25) is 6.54 Å². The van der Waals surface area contributed by atoms with E-state index in [0.29, 0.717) is 0 Å². The number of rotatable bonds is 2. The fourth-order valence-electron chi connectivity index (χ4n) is 2.07. The van der Waals surface area contributed by atoms with Crippen LogP contribution in [0.15, 0.2) is 0 Å². The van der Waals surface area contributed by atoms with Gasteiger partial charge in [0.15, 0.2) is 0 Å². The van der Waals surface area contributed by atoms with E-state index < -0.39 is 0 Å². The molecule has 1 heteroatoms. The lowest BCUT2D eigenvalue weighted by molar-refractivity contribution is 0.273. The molecule has 1 nitrogen and oxygen atoms in total. The Hall–Kier alpha value is -0.510. The number of hydrogen-bond acceptors (Lipinski definition) is 0. The SMILES string of the molecule is [C-]#[N+]CC1CCCC(CC)C1. The van der Waals surface area contributed by atoms with Crippen LogP contribution in [0.25, 0.3) is 4.85 Å². The summed E-state index contributed by atoms with van der Waals surface area (Å²) in [7, 11) is 0. The Bertz CT molecular complexity index is 145. The number of hydrogen-bond donors (Lipinski definition) is 0. The zero-order valence-corrected chi connectivity index (χ0v) is 7.34. The summed E-state index contributed by atoms with van der Waals surface area (Å²) in [6, 6.07) is 0. The molecule has 11 heavy (non-hydrogen) atoms. The molecule has 0 N–H and O–H groups in total. The maximum atomic E-state index is 6.79. The second-order valence-corrected chi connectivity index (χ2v) is 3.65. The van der Waals surface area contributed by atoms with Crippen LogP contribution in [0.3, 0.4) is 0 Å². The van der Waals surface area contributed by atoms with Crippen LogP contribution in [-0.2, 0) is 0 Å². The largest absolute Gasteiger partial charge is 0.317 e. The first-order chi connectivity index (χ1) is 5.36. The predicted molar refractivity (Wildman–Crippen MR) is 47.2 cm³/mol. The highest BCUT2D eigenvalue weighted by atomic mass is 14.6. The van der Waals surface area contributed by atoms with Crippen LogP contribution in [0.4, 0.5) is 0 Å². The van der Waals surface area contributed by atoms with Gasteiger partial charge in [-0.1, -0.05) is 26.2 Å². The molecule has 0 aromatic carbocycles. The van der Waals surface area contributed by atoms with Gasteiger partial charge in [-0.15, -0.1) is 0 Å². The average Bonchev–Trinajstić information content (AvgIpc) is 2.06. The van der Waals surface area contributed by atoms with Crippen LogP contribution >= 0.6 is 0 Å². The lowest BCUT2D eigenvalue weighted by Gasteiger charge is -2.24. The summed E-state index contributed by atoms with van der Waals surface area (Å²) in [6.45, 7) is 9.83. The van der Waals surface area contributed by atoms with E-state index in [4.69, 9.17) is 6.57 Å². The van der Waals surface area contributed by atoms with E-state index in [2.05, 4.69) is 11.8 Å². The first kappa shape index (κ1) is 8.59. The van der Waals surface area contributed by atoms with E-state index >= 15 is 0 Å². The summed E-state index contributed by atoms with van der Waals surface area (Å²) < 4.78 is 0. The van der Waals surface area contributed by atoms with Crippen molar-refractivity contribution in [1.29, 1.82) is 0 Å².